The number of nitrogens with zero attached hydrogens (tertiary/aromatic N) is 2. The van der Waals surface area contributed by atoms with E-state index in [1.165, 1.54) is 18.7 Å². The van der Waals surface area contributed by atoms with Crippen LogP contribution >= 0.6 is 0 Å². The number of rotatable bonds is 2. The number of fused-ring (bicyclic) bond motifs is 4. The smallest absolute Gasteiger partial charge is 0.339 e. The van der Waals surface area contributed by atoms with Gasteiger partial charge in [-0.2, -0.15) is 0 Å². The van der Waals surface area contributed by atoms with Gasteiger partial charge in [0.2, 0.25) is 5.72 Å². The van der Waals surface area contributed by atoms with Crippen molar-refractivity contribution in [3.63, 3.8) is 0 Å². The maximum Gasteiger partial charge on any atom is 0.339 e. The van der Waals surface area contributed by atoms with E-state index in [4.69, 9.17) is 9.47 Å². The molecule has 2 aromatic carbocycles. The zero-order valence-corrected chi connectivity index (χ0v) is 19.5. The van der Waals surface area contributed by atoms with Crippen LogP contribution in [0.4, 0.5) is 5.69 Å². The second-order valence-electron chi connectivity index (χ2n) is 10.1. The summed E-state index contributed by atoms with van der Waals surface area (Å²) in [6.45, 7) is 3.59. The SMILES string of the molecule is CC=C1CN2CCC34c5ccccc5N5C(C(=O)OC)C1CC2C53Oc1c4ccc(C(=O)O)c1O. The highest BCUT2D eigenvalue weighted by Gasteiger charge is 2.79. The minimum absolute atomic E-state index is 0.0308. The lowest BCUT2D eigenvalue weighted by molar-refractivity contribution is -0.156. The van der Waals surface area contributed by atoms with Gasteiger partial charge in [0.25, 0.3) is 0 Å². The predicted octanol–water partition coefficient (Wildman–Crippen LogP) is 2.88. The molecule has 5 atom stereocenters. The number of piperidine rings is 3. The number of allylic oxidation sites excluding steroid dienone is 1. The molecular weight excluding hydrogens is 448 g/mol. The molecule has 2 bridgehead atoms. The van der Waals surface area contributed by atoms with Crippen molar-refractivity contribution in [2.45, 2.75) is 43.0 Å². The van der Waals surface area contributed by atoms with Crippen LogP contribution in [0.2, 0.25) is 0 Å². The van der Waals surface area contributed by atoms with Crippen LogP contribution in [0.25, 0.3) is 0 Å². The highest BCUT2D eigenvalue weighted by atomic mass is 16.5. The van der Waals surface area contributed by atoms with E-state index < -0.39 is 23.2 Å². The van der Waals surface area contributed by atoms with Crippen LogP contribution in [0.3, 0.4) is 0 Å². The number of hydrogen-bond acceptors (Lipinski definition) is 7. The molecule has 0 aliphatic carbocycles. The first-order valence-electron chi connectivity index (χ1n) is 12.0. The number of para-hydroxylation sites is 1. The summed E-state index contributed by atoms with van der Waals surface area (Å²) in [5, 5.41) is 20.7. The van der Waals surface area contributed by atoms with Gasteiger partial charge in [0.15, 0.2) is 11.5 Å². The zero-order chi connectivity index (χ0) is 24.3. The quantitative estimate of drug-likeness (QED) is 0.507. The molecule has 5 aliphatic rings. The van der Waals surface area contributed by atoms with E-state index in [0.717, 1.165) is 29.9 Å². The Hall–Kier alpha value is -3.52. The summed E-state index contributed by atoms with van der Waals surface area (Å²) in [6.07, 6.45) is 3.55. The summed E-state index contributed by atoms with van der Waals surface area (Å²) in [7, 11) is 1.42. The molecule has 0 radical (unpaired) electrons. The Morgan fingerprint density at radius 3 is 2.74 bits per heavy atom. The average Bonchev–Trinajstić information content (AvgIpc) is 3.31. The van der Waals surface area contributed by atoms with E-state index in [-0.39, 0.29) is 35.0 Å². The molecule has 1 spiro atoms. The lowest BCUT2D eigenvalue weighted by Crippen LogP contribution is -2.81. The number of methoxy groups -OCH3 is 1. The highest BCUT2D eigenvalue weighted by molar-refractivity contribution is 5.94. The van der Waals surface area contributed by atoms with Crippen molar-refractivity contribution < 1.29 is 29.3 Å². The van der Waals surface area contributed by atoms with Gasteiger partial charge in [-0.05, 0) is 37.5 Å². The molecule has 5 unspecified atom stereocenters. The van der Waals surface area contributed by atoms with E-state index in [9.17, 15) is 19.8 Å². The van der Waals surface area contributed by atoms with Crippen molar-refractivity contribution in [1.29, 1.82) is 0 Å². The summed E-state index contributed by atoms with van der Waals surface area (Å²) in [6, 6.07) is 10.7. The minimum Gasteiger partial charge on any atom is -0.504 e. The first kappa shape index (κ1) is 20.8. The molecule has 0 saturated carbocycles. The van der Waals surface area contributed by atoms with Gasteiger partial charge >= 0.3 is 11.9 Å². The molecule has 8 nitrogen and oxygen atoms in total. The van der Waals surface area contributed by atoms with Crippen molar-refractivity contribution in [3.8, 4) is 11.5 Å². The second kappa shape index (κ2) is 6.57. The molecule has 8 heteroatoms. The largest absolute Gasteiger partial charge is 0.504 e. The zero-order valence-electron chi connectivity index (χ0n) is 19.5. The maximum atomic E-state index is 13.5. The molecule has 35 heavy (non-hydrogen) atoms. The summed E-state index contributed by atoms with van der Waals surface area (Å²) in [4.78, 5) is 29.8. The third-order valence-corrected chi connectivity index (χ3v) is 9.15. The number of carboxylic acids is 1. The Bertz CT molecular complexity index is 1350. The Kier molecular flexibility index (Phi) is 3.91. The van der Waals surface area contributed by atoms with Crippen molar-refractivity contribution >= 4 is 17.6 Å². The van der Waals surface area contributed by atoms with E-state index >= 15 is 0 Å². The van der Waals surface area contributed by atoms with Crippen LogP contribution < -0.4 is 9.64 Å². The number of benzene rings is 2. The minimum atomic E-state index is -1.21. The third-order valence-electron chi connectivity index (χ3n) is 9.15. The molecule has 3 fully saturated rings. The number of carbonyl (C=O) groups excluding carboxylic acids is 1. The van der Waals surface area contributed by atoms with Crippen molar-refractivity contribution in [3.05, 3.63) is 64.7 Å². The van der Waals surface area contributed by atoms with Crippen LogP contribution in [-0.2, 0) is 14.9 Å². The normalized spacial score (nSPS) is 34.6. The van der Waals surface area contributed by atoms with Crippen LogP contribution in [0.5, 0.6) is 11.5 Å². The summed E-state index contributed by atoms with van der Waals surface area (Å²) in [5.74, 6) is -1.70. The van der Waals surface area contributed by atoms with Gasteiger partial charge in [0, 0.05) is 30.3 Å². The molecule has 5 aliphatic heterocycles. The molecular formula is C27H26N2O6. The summed E-state index contributed by atoms with van der Waals surface area (Å²) >= 11 is 0. The van der Waals surface area contributed by atoms with Crippen molar-refractivity contribution in [1.82, 2.24) is 4.90 Å². The first-order chi connectivity index (χ1) is 16.9. The van der Waals surface area contributed by atoms with Gasteiger partial charge in [0.1, 0.15) is 11.6 Å². The average molecular weight is 475 g/mol. The fourth-order valence-corrected chi connectivity index (χ4v) is 7.92. The van der Waals surface area contributed by atoms with E-state index in [2.05, 4.69) is 21.9 Å². The molecule has 3 saturated heterocycles. The Morgan fingerprint density at radius 1 is 1.20 bits per heavy atom. The number of hydrogen-bond donors (Lipinski definition) is 2. The van der Waals surface area contributed by atoms with Gasteiger partial charge in [-0.25, -0.2) is 9.59 Å². The van der Waals surface area contributed by atoms with E-state index in [1.54, 1.807) is 6.07 Å². The fraction of sp³-hybridized carbons (Fsp3) is 0.407. The molecule has 0 aromatic heterocycles. The summed E-state index contributed by atoms with van der Waals surface area (Å²) in [5.41, 5.74) is 2.14. The predicted molar refractivity (Wildman–Crippen MR) is 126 cm³/mol. The Labute approximate surface area is 202 Å². The van der Waals surface area contributed by atoms with Crippen LogP contribution in [0, 0.1) is 5.92 Å². The van der Waals surface area contributed by atoms with Crippen LogP contribution in [-0.4, -0.2) is 65.1 Å². The number of carbonyl (C=O) groups is 2. The lowest BCUT2D eigenvalue weighted by atomic mass is 9.58. The second-order valence-corrected chi connectivity index (χ2v) is 10.1. The number of esters is 1. The Balaban J connectivity index is 1.58. The van der Waals surface area contributed by atoms with Gasteiger partial charge in [-0.15, -0.1) is 0 Å². The van der Waals surface area contributed by atoms with Crippen LogP contribution in [0.1, 0.15) is 41.3 Å². The number of aromatic hydroxyl groups is 1. The van der Waals surface area contributed by atoms with Gasteiger partial charge in [-0.1, -0.05) is 35.9 Å². The third kappa shape index (κ3) is 2.10. The monoisotopic (exact) mass is 474 g/mol. The maximum absolute atomic E-state index is 13.5. The van der Waals surface area contributed by atoms with Crippen LogP contribution in [0.15, 0.2) is 48.0 Å². The molecule has 2 aromatic rings. The summed E-state index contributed by atoms with van der Waals surface area (Å²) < 4.78 is 12.2. The fourth-order valence-electron chi connectivity index (χ4n) is 7.92. The first-order valence-corrected chi connectivity index (χ1v) is 12.0. The van der Waals surface area contributed by atoms with Crippen molar-refractivity contribution in [2.24, 2.45) is 5.92 Å². The molecule has 2 N–H and O–H groups in total. The van der Waals surface area contributed by atoms with E-state index in [1.807, 2.05) is 25.1 Å². The highest BCUT2D eigenvalue weighted by Crippen LogP contribution is 2.71. The van der Waals surface area contributed by atoms with Gasteiger partial charge < -0.3 is 24.6 Å². The topological polar surface area (TPSA) is 99.5 Å². The molecule has 0 amide bonds. The molecule has 180 valence electrons. The van der Waals surface area contributed by atoms with Gasteiger partial charge in [0.05, 0.1) is 18.6 Å². The number of ether oxygens (including phenoxy) is 2. The molecule has 7 rings (SSSR count). The number of phenols is 1. The van der Waals surface area contributed by atoms with Gasteiger partial charge in [-0.3, -0.25) is 4.90 Å². The molecule has 5 heterocycles. The standard InChI is InChI=1S/C27H26N2O6/c1-3-14-13-28-11-10-26-17-6-4-5-7-19(17)29-21(25(33)34-2)16(14)12-20(28)27(26,29)35-23-18(26)9-8-15(22(23)30)24(31)32/h3-9,16,20-21,30H,10-13H2,1-2H3,(H,31,32). The Morgan fingerprint density at radius 2 is 2.00 bits per heavy atom. The number of carboxylic acid groups (broad SMARTS) is 1. The number of anilines is 1. The number of aromatic carboxylic acids is 1. The van der Waals surface area contributed by atoms with E-state index in [0.29, 0.717) is 12.8 Å². The van der Waals surface area contributed by atoms with Crippen molar-refractivity contribution in [2.75, 3.05) is 25.1 Å². The lowest BCUT2D eigenvalue weighted by Gasteiger charge is -2.64.